The monoisotopic (exact) mass is 366 g/mol. The van der Waals surface area contributed by atoms with Gasteiger partial charge in [0, 0.05) is 12.6 Å². The lowest BCUT2D eigenvalue weighted by molar-refractivity contribution is -0.00774. The van der Waals surface area contributed by atoms with Crippen molar-refractivity contribution >= 4 is 26.0 Å². The van der Waals surface area contributed by atoms with Gasteiger partial charge in [0.2, 0.25) is 10.0 Å². The molecule has 6 nitrogen and oxygen atoms in total. The van der Waals surface area contributed by atoms with E-state index in [4.69, 9.17) is 9.15 Å². The van der Waals surface area contributed by atoms with Crippen LogP contribution in [0.1, 0.15) is 19.6 Å². The zero-order chi connectivity index (χ0) is 15.0. The summed E-state index contributed by atoms with van der Waals surface area (Å²) in [7, 11) is -1.84. The van der Waals surface area contributed by atoms with E-state index in [1.165, 1.54) is 4.31 Å². The molecule has 2 rings (SSSR count). The SMILES string of the molecule is CNCc1cc(S(=O)(=O)N2CCOCC2(C)C)c(Br)o1. The predicted octanol–water partition coefficient (Wildman–Crippen LogP) is 1.56. The minimum Gasteiger partial charge on any atom is -0.452 e. The summed E-state index contributed by atoms with van der Waals surface area (Å²) in [5.74, 6) is 0.573. The normalized spacial score (nSPS) is 20.2. The molecule has 0 unspecified atom stereocenters. The first kappa shape index (κ1) is 16.0. The second-order valence-electron chi connectivity index (χ2n) is 5.32. The highest BCUT2D eigenvalue weighted by Gasteiger charge is 2.41. The quantitative estimate of drug-likeness (QED) is 0.875. The molecular formula is C12H19BrN2O4S. The molecule has 1 fully saturated rings. The average Bonchev–Trinajstić information content (AvgIpc) is 2.70. The maximum atomic E-state index is 12.8. The van der Waals surface area contributed by atoms with Crippen molar-refractivity contribution in [3.63, 3.8) is 0 Å². The molecule has 0 saturated carbocycles. The molecule has 1 aliphatic heterocycles. The van der Waals surface area contributed by atoms with E-state index in [9.17, 15) is 8.42 Å². The summed E-state index contributed by atoms with van der Waals surface area (Å²) in [4.78, 5) is 0.165. The van der Waals surface area contributed by atoms with Crippen LogP contribution in [0.15, 0.2) is 20.0 Å². The lowest BCUT2D eigenvalue weighted by Crippen LogP contribution is -2.55. The van der Waals surface area contributed by atoms with Gasteiger partial charge in [-0.2, -0.15) is 4.31 Å². The first-order valence-corrected chi connectivity index (χ1v) is 8.56. The molecule has 1 N–H and O–H groups in total. The molecule has 114 valence electrons. The van der Waals surface area contributed by atoms with Crippen LogP contribution in [0.2, 0.25) is 0 Å². The van der Waals surface area contributed by atoms with Gasteiger partial charge >= 0.3 is 0 Å². The van der Waals surface area contributed by atoms with Gasteiger partial charge in [-0.3, -0.25) is 0 Å². The van der Waals surface area contributed by atoms with Crippen molar-refractivity contribution in [2.75, 3.05) is 26.8 Å². The van der Waals surface area contributed by atoms with Crippen LogP contribution in [-0.2, 0) is 21.3 Å². The molecule has 2 heterocycles. The summed E-state index contributed by atoms with van der Waals surface area (Å²) in [6.07, 6.45) is 0. The van der Waals surface area contributed by atoms with Gasteiger partial charge in [0.05, 0.1) is 25.3 Å². The summed E-state index contributed by atoms with van der Waals surface area (Å²) in [5, 5.41) is 2.93. The number of hydrogen-bond acceptors (Lipinski definition) is 5. The Morgan fingerprint density at radius 2 is 2.20 bits per heavy atom. The molecule has 0 aromatic carbocycles. The van der Waals surface area contributed by atoms with Crippen molar-refractivity contribution in [3.8, 4) is 0 Å². The highest BCUT2D eigenvalue weighted by molar-refractivity contribution is 9.10. The van der Waals surface area contributed by atoms with Gasteiger partial charge in [0.15, 0.2) is 4.67 Å². The number of nitrogens with one attached hydrogen (secondary N) is 1. The largest absolute Gasteiger partial charge is 0.452 e. The van der Waals surface area contributed by atoms with E-state index in [-0.39, 0.29) is 9.56 Å². The van der Waals surface area contributed by atoms with E-state index in [1.54, 1.807) is 13.1 Å². The number of ether oxygens (including phenoxy) is 1. The molecule has 1 aromatic rings. The molecule has 0 radical (unpaired) electrons. The van der Waals surface area contributed by atoms with Gasteiger partial charge in [-0.25, -0.2) is 8.42 Å². The highest BCUT2D eigenvalue weighted by atomic mass is 79.9. The Morgan fingerprint density at radius 3 is 2.80 bits per heavy atom. The topological polar surface area (TPSA) is 71.8 Å². The van der Waals surface area contributed by atoms with Crippen LogP contribution in [-0.4, -0.2) is 45.1 Å². The van der Waals surface area contributed by atoms with Crippen LogP contribution >= 0.6 is 15.9 Å². The van der Waals surface area contributed by atoms with Crippen LogP contribution in [0.3, 0.4) is 0 Å². The number of halogens is 1. The standard InChI is InChI=1S/C12H19BrN2O4S/c1-12(2)8-18-5-4-15(12)20(16,17)10-6-9(7-14-3)19-11(10)13/h6,14H,4-5,7-8H2,1-3H3. The molecule has 1 aliphatic rings. The summed E-state index contributed by atoms with van der Waals surface area (Å²) in [6.45, 7) is 5.31. The van der Waals surface area contributed by atoms with Crippen molar-refractivity contribution in [1.29, 1.82) is 0 Å². The first-order chi connectivity index (χ1) is 9.29. The van der Waals surface area contributed by atoms with Crippen molar-refractivity contribution in [1.82, 2.24) is 9.62 Å². The Labute approximate surface area is 127 Å². The van der Waals surface area contributed by atoms with E-state index in [0.29, 0.717) is 32.1 Å². The highest BCUT2D eigenvalue weighted by Crippen LogP contribution is 2.33. The van der Waals surface area contributed by atoms with Crippen LogP contribution < -0.4 is 5.32 Å². The Morgan fingerprint density at radius 1 is 1.50 bits per heavy atom. The fourth-order valence-electron chi connectivity index (χ4n) is 2.24. The summed E-state index contributed by atoms with van der Waals surface area (Å²) >= 11 is 3.20. The predicted molar refractivity (Wildman–Crippen MR) is 78.0 cm³/mol. The van der Waals surface area contributed by atoms with Crippen LogP contribution in [0.25, 0.3) is 0 Å². The van der Waals surface area contributed by atoms with E-state index in [2.05, 4.69) is 21.2 Å². The second-order valence-corrected chi connectivity index (χ2v) is 7.87. The van der Waals surface area contributed by atoms with Gasteiger partial charge < -0.3 is 14.5 Å². The third-order valence-corrected chi connectivity index (χ3v) is 6.16. The third-order valence-electron chi connectivity index (χ3n) is 3.19. The fraction of sp³-hybridized carbons (Fsp3) is 0.667. The minimum atomic E-state index is -3.61. The van der Waals surface area contributed by atoms with E-state index < -0.39 is 15.6 Å². The lowest BCUT2D eigenvalue weighted by Gasteiger charge is -2.40. The number of sulfonamides is 1. The number of furan rings is 1. The first-order valence-electron chi connectivity index (χ1n) is 6.32. The molecule has 1 saturated heterocycles. The number of hydrogen-bond donors (Lipinski definition) is 1. The van der Waals surface area contributed by atoms with Gasteiger partial charge in [-0.1, -0.05) is 0 Å². The number of rotatable bonds is 4. The molecule has 0 atom stereocenters. The maximum absolute atomic E-state index is 12.8. The maximum Gasteiger partial charge on any atom is 0.248 e. The van der Waals surface area contributed by atoms with E-state index >= 15 is 0 Å². The molecule has 0 spiro atoms. The van der Waals surface area contributed by atoms with Crippen molar-refractivity contribution < 1.29 is 17.6 Å². The van der Waals surface area contributed by atoms with Gasteiger partial charge in [-0.15, -0.1) is 0 Å². The van der Waals surface area contributed by atoms with Crippen LogP contribution in [0.4, 0.5) is 0 Å². The smallest absolute Gasteiger partial charge is 0.248 e. The number of morpholine rings is 1. The van der Waals surface area contributed by atoms with Crippen LogP contribution in [0.5, 0.6) is 0 Å². The number of nitrogens with zero attached hydrogens (tertiary/aromatic N) is 1. The molecule has 1 aromatic heterocycles. The van der Waals surface area contributed by atoms with E-state index in [1.807, 2.05) is 13.8 Å². The van der Waals surface area contributed by atoms with Crippen molar-refractivity contribution in [2.24, 2.45) is 0 Å². The Kier molecular flexibility index (Phi) is 4.60. The Balaban J connectivity index is 2.39. The molecule has 8 heteroatoms. The second kappa shape index (κ2) is 5.76. The van der Waals surface area contributed by atoms with Crippen molar-refractivity contribution in [3.05, 3.63) is 16.5 Å². The summed E-state index contributed by atoms with van der Waals surface area (Å²) in [6, 6.07) is 1.56. The van der Waals surface area contributed by atoms with Crippen LogP contribution in [0, 0.1) is 0 Å². The molecule has 0 amide bonds. The van der Waals surface area contributed by atoms with Gasteiger partial charge in [0.25, 0.3) is 0 Å². The lowest BCUT2D eigenvalue weighted by atomic mass is 10.1. The van der Waals surface area contributed by atoms with Gasteiger partial charge in [0.1, 0.15) is 10.7 Å². The average molecular weight is 367 g/mol. The zero-order valence-electron chi connectivity index (χ0n) is 11.8. The third kappa shape index (κ3) is 2.94. The minimum absolute atomic E-state index is 0.165. The van der Waals surface area contributed by atoms with Crippen molar-refractivity contribution in [2.45, 2.75) is 30.8 Å². The summed E-state index contributed by atoms with van der Waals surface area (Å²) in [5.41, 5.74) is -0.572. The van der Waals surface area contributed by atoms with Gasteiger partial charge in [-0.05, 0) is 36.8 Å². The Hall–Kier alpha value is -0.410. The molecule has 0 bridgehead atoms. The Bertz CT molecular complexity index is 582. The molecular weight excluding hydrogens is 348 g/mol. The van der Waals surface area contributed by atoms with E-state index in [0.717, 1.165) is 0 Å². The summed E-state index contributed by atoms with van der Waals surface area (Å²) < 4.78 is 38.1. The molecule has 0 aliphatic carbocycles. The zero-order valence-corrected chi connectivity index (χ0v) is 14.2. The fourth-order valence-corrected chi connectivity index (χ4v) is 4.96. The molecule has 20 heavy (non-hydrogen) atoms.